The number of amides is 1. The summed E-state index contributed by atoms with van der Waals surface area (Å²) in [6, 6.07) is 3.32. The quantitative estimate of drug-likeness (QED) is 0.459. The maximum Gasteiger partial charge on any atom is 0.233 e. The second kappa shape index (κ2) is 9.93. The lowest BCUT2D eigenvalue weighted by molar-refractivity contribution is -0.129. The van der Waals surface area contributed by atoms with E-state index in [1.165, 1.54) is 24.0 Å². The molecule has 156 valence electrons. The second-order valence-electron chi connectivity index (χ2n) is 7.35. The van der Waals surface area contributed by atoms with Gasteiger partial charge in [-0.3, -0.25) is 9.59 Å². The lowest BCUT2D eigenvalue weighted by Crippen LogP contribution is -2.38. The molecule has 0 atom stereocenters. The Morgan fingerprint density at radius 2 is 2.07 bits per heavy atom. The molecular formula is C21H28N4O3S. The summed E-state index contributed by atoms with van der Waals surface area (Å²) in [5.41, 5.74) is 2.11. The molecular weight excluding hydrogens is 388 g/mol. The molecule has 0 spiro atoms. The minimum Gasteiger partial charge on any atom is -0.507 e. The number of phenols is 1. The van der Waals surface area contributed by atoms with Crippen molar-refractivity contribution in [3.8, 4) is 5.75 Å². The van der Waals surface area contributed by atoms with E-state index in [0.717, 1.165) is 48.9 Å². The summed E-state index contributed by atoms with van der Waals surface area (Å²) >= 11 is 1.46. The number of aromatic hydroxyl groups is 1. The molecule has 2 aliphatic heterocycles. The van der Waals surface area contributed by atoms with Gasteiger partial charge in [-0.1, -0.05) is 24.4 Å². The highest BCUT2D eigenvalue weighted by Gasteiger charge is 2.25. The summed E-state index contributed by atoms with van der Waals surface area (Å²) in [5.74, 6) is 0.361. The number of amidine groups is 1. The molecule has 3 rings (SSSR count). The number of nitrogens with zero attached hydrogens (tertiary/aromatic N) is 4. The Labute approximate surface area is 176 Å². The van der Waals surface area contributed by atoms with Crippen molar-refractivity contribution in [1.29, 1.82) is 0 Å². The zero-order valence-corrected chi connectivity index (χ0v) is 17.7. The van der Waals surface area contributed by atoms with Crippen molar-refractivity contribution in [2.75, 3.05) is 45.5 Å². The van der Waals surface area contributed by atoms with Gasteiger partial charge in [0.2, 0.25) is 5.91 Å². The van der Waals surface area contributed by atoms with Gasteiger partial charge >= 0.3 is 0 Å². The Bertz CT molecular complexity index is 811. The molecule has 1 fully saturated rings. The zero-order chi connectivity index (χ0) is 20.8. The molecule has 1 aromatic carbocycles. The van der Waals surface area contributed by atoms with E-state index < -0.39 is 0 Å². The minimum absolute atomic E-state index is 0.00227. The van der Waals surface area contributed by atoms with Crippen LogP contribution >= 0.6 is 11.8 Å². The summed E-state index contributed by atoms with van der Waals surface area (Å²) in [4.78, 5) is 34.9. The third-order valence-electron chi connectivity index (χ3n) is 5.41. The van der Waals surface area contributed by atoms with Crippen LogP contribution in [0.2, 0.25) is 0 Å². The molecule has 2 heterocycles. The molecule has 2 aliphatic rings. The van der Waals surface area contributed by atoms with Gasteiger partial charge < -0.3 is 19.8 Å². The van der Waals surface area contributed by atoms with Crippen LogP contribution in [0, 0.1) is 0 Å². The Balaban J connectivity index is 1.62. The Morgan fingerprint density at radius 3 is 2.83 bits per heavy atom. The first-order chi connectivity index (χ1) is 14.0. The summed E-state index contributed by atoms with van der Waals surface area (Å²) in [6.45, 7) is 8.56. The molecule has 1 amide bonds. The number of hydrogen-bond acceptors (Lipinski definition) is 6. The minimum atomic E-state index is 0.00227. The number of rotatable bonds is 4. The molecule has 1 N–H and O–H groups in total. The van der Waals surface area contributed by atoms with Crippen LogP contribution in [-0.2, 0) is 17.8 Å². The fourth-order valence-corrected chi connectivity index (χ4v) is 4.71. The van der Waals surface area contributed by atoms with E-state index in [2.05, 4.69) is 28.4 Å². The number of hydrogen-bond donors (Lipinski definition) is 1. The fourth-order valence-electron chi connectivity index (χ4n) is 3.76. The molecule has 29 heavy (non-hydrogen) atoms. The number of aliphatic imine (C=N–C) groups is 1. The molecule has 0 bridgehead atoms. The molecule has 1 saturated heterocycles. The number of thioether (sulfide) groups is 1. The molecule has 0 aromatic heterocycles. The Kier molecular flexibility index (Phi) is 7.33. The van der Waals surface area contributed by atoms with Crippen molar-refractivity contribution in [1.82, 2.24) is 14.7 Å². The van der Waals surface area contributed by atoms with Crippen LogP contribution < -0.4 is 0 Å². The van der Waals surface area contributed by atoms with Crippen LogP contribution in [0.5, 0.6) is 5.75 Å². The number of likely N-dealkylation sites (N-methyl/N-ethyl adjacent to an activating group) is 1. The van der Waals surface area contributed by atoms with Crippen molar-refractivity contribution in [2.24, 2.45) is 4.99 Å². The normalized spacial score (nSPS) is 18.2. The van der Waals surface area contributed by atoms with Gasteiger partial charge in [0, 0.05) is 38.9 Å². The molecule has 0 unspecified atom stereocenters. The molecule has 8 heteroatoms. The SMILES string of the molecule is C=C/N=C(\SCC(=O)N1CCc2c(ccc(O)c2C=O)C1)N1CCCN(C)CC1. The average molecular weight is 417 g/mol. The first-order valence-electron chi connectivity index (χ1n) is 9.85. The summed E-state index contributed by atoms with van der Waals surface area (Å²) < 4.78 is 0. The fraction of sp³-hybridized carbons (Fsp3) is 0.476. The predicted molar refractivity (Wildman–Crippen MR) is 116 cm³/mol. The lowest BCUT2D eigenvalue weighted by Gasteiger charge is -2.30. The van der Waals surface area contributed by atoms with Crippen molar-refractivity contribution in [2.45, 2.75) is 19.4 Å². The van der Waals surface area contributed by atoms with Gasteiger partial charge in [0.15, 0.2) is 11.5 Å². The van der Waals surface area contributed by atoms with Gasteiger partial charge in [0.1, 0.15) is 5.75 Å². The maximum atomic E-state index is 12.8. The highest BCUT2D eigenvalue weighted by molar-refractivity contribution is 8.14. The van der Waals surface area contributed by atoms with Crippen molar-refractivity contribution >= 4 is 29.1 Å². The van der Waals surface area contributed by atoms with E-state index in [1.54, 1.807) is 6.07 Å². The van der Waals surface area contributed by atoms with E-state index in [9.17, 15) is 14.7 Å². The third-order valence-corrected chi connectivity index (χ3v) is 6.42. The third kappa shape index (κ3) is 5.19. The van der Waals surface area contributed by atoms with Crippen LogP contribution in [0.3, 0.4) is 0 Å². The van der Waals surface area contributed by atoms with E-state index >= 15 is 0 Å². The molecule has 7 nitrogen and oxygen atoms in total. The summed E-state index contributed by atoms with van der Waals surface area (Å²) in [6.07, 6.45) is 3.86. The summed E-state index contributed by atoms with van der Waals surface area (Å²) in [7, 11) is 2.12. The van der Waals surface area contributed by atoms with Crippen LogP contribution in [0.1, 0.15) is 27.9 Å². The number of carbonyl (C=O) groups is 2. The van der Waals surface area contributed by atoms with Gasteiger partial charge in [0.25, 0.3) is 0 Å². The van der Waals surface area contributed by atoms with Crippen LogP contribution in [0.4, 0.5) is 0 Å². The first-order valence-corrected chi connectivity index (χ1v) is 10.8. The standard InChI is InChI=1S/C21H28N4O3S/c1-3-22-21(24-9-4-8-23(2)11-12-24)29-15-20(28)25-10-7-17-16(13-25)5-6-19(27)18(17)14-26/h3,5-6,14,27H,1,4,7-13,15H2,2H3/b22-21-. The lowest BCUT2D eigenvalue weighted by atomic mass is 9.94. The number of phenolic OH excluding ortho intramolecular Hbond substituents is 1. The zero-order valence-electron chi connectivity index (χ0n) is 16.8. The van der Waals surface area contributed by atoms with E-state index in [0.29, 0.717) is 37.1 Å². The molecule has 0 saturated carbocycles. The average Bonchev–Trinajstić information content (AvgIpc) is 2.95. The molecule has 1 aromatic rings. The first kappa shape index (κ1) is 21.4. The van der Waals surface area contributed by atoms with Gasteiger partial charge in [-0.15, -0.1) is 0 Å². The van der Waals surface area contributed by atoms with E-state index in [-0.39, 0.29) is 11.7 Å². The summed E-state index contributed by atoms with van der Waals surface area (Å²) in [5, 5.41) is 10.7. The highest BCUT2D eigenvalue weighted by atomic mass is 32.2. The number of carbonyl (C=O) groups excluding carboxylic acids is 2. The highest BCUT2D eigenvalue weighted by Crippen LogP contribution is 2.28. The molecule has 0 radical (unpaired) electrons. The predicted octanol–water partition coefficient (Wildman–Crippen LogP) is 1.96. The number of aldehydes is 1. The Morgan fingerprint density at radius 1 is 1.24 bits per heavy atom. The number of benzene rings is 1. The van der Waals surface area contributed by atoms with Gasteiger partial charge in [-0.05, 0) is 43.6 Å². The van der Waals surface area contributed by atoms with Crippen LogP contribution in [0.25, 0.3) is 0 Å². The number of fused-ring (bicyclic) bond motifs is 1. The second-order valence-corrected chi connectivity index (χ2v) is 8.29. The Hall–Kier alpha value is -2.32. The molecule has 0 aliphatic carbocycles. The van der Waals surface area contributed by atoms with Crippen molar-refractivity contribution < 1.29 is 14.7 Å². The monoisotopic (exact) mass is 416 g/mol. The largest absolute Gasteiger partial charge is 0.507 e. The van der Waals surface area contributed by atoms with E-state index in [4.69, 9.17) is 0 Å². The van der Waals surface area contributed by atoms with Crippen molar-refractivity contribution in [3.63, 3.8) is 0 Å². The topological polar surface area (TPSA) is 76.4 Å². The van der Waals surface area contributed by atoms with Crippen molar-refractivity contribution in [3.05, 3.63) is 41.6 Å². The van der Waals surface area contributed by atoms with Gasteiger partial charge in [-0.2, -0.15) is 0 Å². The van der Waals surface area contributed by atoms with Crippen LogP contribution in [0.15, 0.2) is 29.9 Å². The van der Waals surface area contributed by atoms with Crippen LogP contribution in [-0.4, -0.2) is 82.7 Å². The van der Waals surface area contributed by atoms with Gasteiger partial charge in [0.05, 0.1) is 11.3 Å². The smallest absolute Gasteiger partial charge is 0.233 e. The van der Waals surface area contributed by atoms with E-state index in [1.807, 2.05) is 4.90 Å². The maximum absolute atomic E-state index is 12.8. The van der Waals surface area contributed by atoms with Gasteiger partial charge in [-0.25, -0.2) is 4.99 Å².